The smallest absolute Gasteiger partial charge is 0.271 e. The summed E-state index contributed by atoms with van der Waals surface area (Å²) in [5.41, 5.74) is 6.46. The molecule has 20 heavy (non-hydrogen) atoms. The average Bonchev–Trinajstić information content (AvgIpc) is 2.88. The van der Waals surface area contributed by atoms with Crippen molar-refractivity contribution in [1.82, 2.24) is 14.9 Å². The van der Waals surface area contributed by atoms with Gasteiger partial charge in [0.2, 0.25) is 0 Å². The van der Waals surface area contributed by atoms with Crippen molar-refractivity contribution in [3.63, 3.8) is 0 Å². The van der Waals surface area contributed by atoms with Crippen LogP contribution in [0, 0.1) is 5.82 Å². The first-order valence-electron chi connectivity index (χ1n) is 6.38. The summed E-state index contributed by atoms with van der Waals surface area (Å²) in [6, 6.07) is 5.85. The van der Waals surface area contributed by atoms with Gasteiger partial charge in [0.25, 0.3) is 5.91 Å². The first-order valence-corrected chi connectivity index (χ1v) is 6.38. The molecule has 1 aromatic heterocycles. The fourth-order valence-corrected chi connectivity index (χ4v) is 1.88. The third-order valence-electron chi connectivity index (χ3n) is 2.95. The Morgan fingerprint density at radius 3 is 3.05 bits per heavy atom. The quantitative estimate of drug-likeness (QED) is 0.868. The van der Waals surface area contributed by atoms with Crippen molar-refractivity contribution in [1.29, 1.82) is 0 Å². The molecule has 0 aliphatic carbocycles. The Bertz CT molecular complexity index is 596. The van der Waals surface area contributed by atoms with E-state index in [0.717, 1.165) is 0 Å². The molecule has 0 radical (unpaired) electrons. The Kier molecular flexibility index (Phi) is 4.47. The maximum atomic E-state index is 13.1. The number of hydrogen-bond acceptors (Lipinski definition) is 3. The fourth-order valence-electron chi connectivity index (χ4n) is 1.88. The van der Waals surface area contributed by atoms with Crippen LogP contribution in [0.15, 0.2) is 36.8 Å². The highest BCUT2D eigenvalue weighted by Gasteiger charge is 2.14. The van der Waals surface area contributed by atoms with Gasteiger partial charge in [0.05, 0.1) is 12.4 Å². The molecule has 1 atom stereocenters. The van der Waals surface area contributed by atoms with Crippen LogP contribution >= 0.6 is 0 Å². The zero-order valence-electron chi connectivity index (χ0n) is 11.2. The molecule has 0 spiro atoms. The monoisotopic (exact) mass is 276 g/mol. The molecule has 0 saturated carbocycles. The highest BCUT2D eigenvalue weighted by atomic mass is 19.1. The van der Waals surface area contributed by atoms with Gasteiger partial charge in [0, 0.05) is 19.3 Å². The van der Waals surface area contributed by atoms with Crippen molar-refractivity contribution in [3.8, 4) is 0 Å². The van der Waals surface area contributed by atoms with E-state index >= 15 is 0 Å². The predicted octanol–water partition coefficient (Wildman–Crippen LogP) is 1.47. The Labute approximate surface area is 116 Å². The van der Waals surface area contributed by atoms with Crippen molar-refractivity contribution in [2.75, 3.05) is 6.54 Å². The molecule has 0 aliphatic rings. The van der Waals surface area contributed by atoms with Crippen LogP contribution in [0.25, 0.3) is 0 Å². The maximum Gasteiger partial charge on any atom is 0.271 e. The number of nitrogens with one attached hydrogen (secondary N) is 1. The first-order chi connectivity index (χ1) is 9.60. The highest BCUT2D eigenvalue weighted by Crippen LogP contribution is 2.14. The highest BCUT2D eigenvalue weighted by molar-refractivity contribution is 5.92. The number of nitrogens with two attached hydrogens (primary N) is 1. The predicted molar refractivity (Wildman–Crippen MR) is 73.6 cm³/mol. The Morgan fingerprint density at radius 1 is 1.55 bits per heavy atom. The van der Waals surface area contributed by atoms with E-state index in [1.165, 1.54) is 12.1 Å². The minimum absolute atomic E-state index is 0.294. The number of amides is 1. The van der Waals surface area contributed by atoms with Crippen LogP contribution in [0.4, 0.5) is 4.39 Å². The van der Waals surface area contributed by atoms with Crippen LogP contribution in [0.5, 0.6) is 0 Å². The summed E-state index contributed by atoms with van der Waals surface area (Å²) >= 11 is 0. The van der Waals surface area contributed by atoms with Crippen molar-refractivity contribution in [2.45, 2.75) is 19.5 Å². The van der Waals surface area contributed by atoms with E-state index in [2.05, 4.69) is 10.3 Å². The SMILES string of the molecule is C[C@@H](NC(=O)c1cn(CCN)cn1)c1cccc(F)c1. The minimum Gasteiger partial charge on any atom is -0.344 e. The van der Waals surface area contributed by atoms with Crippen LogP contribution < -0.4 is 11.1 Å². The molecule has 0 saturated heterocycles. The molecule has 106 valence electrons. The molecule has 0 fully saturated rings. The van der Waals surface area contributed by atoms with E-state index in [-0.39, 0.29) is 17.8 Å². The van der Waals surface area contributed by atoms with Crippen LogP contribution in [-0.4, -0.2) is 22.0 Å². The largest absolute Gasteiger partial charge is 0.344 e. The van der Waals surface area contributed by atoms with Crippen LogP contribution in [0.3, 0.4) is 0 Å². The van der Waals surface area contributed by atoms with Crippen LogP contribution in [0.2, 0.25) is 0 Å². The molecular formula is C14H17FN4O. The number of aromatic nitrogens is 2. The van der Waals surface area contributed by atoms with E-state index < -0.39 is 0 Å². The van der Waals surface area contributed by atoms with Crippen LogP contribution in [0.1, 0.15) is 29.0 Å². The number of imidazole rings is 1. The van der Waals surface area contributed by atoms with E-state index in [0.29, 0.717) is 24.3 Å². The lowest BCUT2D eigenvalue weighted by Crippen LogP contribution is -2.27. The number of carbonyl (C=O) groups is 1. The molecule has 2 rings (SSSR count). The number of benzene rings is 1. The lowest BCUT2D eigenvalue weighted by molar-refractivity contribution is 0.0935. The van der Waals surface area contributed by atoms with Gasteiger partial charge < -0.3 is 15.6 Å². The molecule has 0 bridgehead atoms. The Hall–Kier alpha value is -2.21. The molecular weight excluding hydrogens is 259 g/mol. The fraction of sp³-hybridized carbons (Fsp3) is 0.286. The van der Waals surface area contributed by atoms with Crippen molar-refractivity contribution in [2.24, 2.45) is 5.73 Å². The van der Waals surface area contributed by atoms with E-state index in [4.69, 9.17) is 5.73 Å². The standard InChI is InChI=1S/C14H17FN4O/c1-10(11-3-2-4-12(15)7-11)18-14(20)13-8-19(6-5-16)9-17-13/h2-4,7-10H,5-6,16H2,1H3,(H,18,20)/t10-/m1/s1. The molecule has 6 heteroatoms. The summed E-state index contributed by atoms with van der Waals surface area (Å²) in [7, 11) is 0. The number of rotatable bonds is 5. The average molecular weight is 276 g/mol. The second kappa shape index (κ2) is 6.29. The molecule has 1 aromatic carbocycles. The molecule has 0 aliphatic heterocycles. The number of halogens is 1. The molecule has 5 nitrogen and oxygen atoms in total. The summed E-state index contributed by atoms with van der Waals surface area (Å²) in [5.74, 6) is -0.617. The van der Waals surface area contributed by atoms with Crippen molar-refractivity contribution < 1.29 is 9.18 Å². The van der Waals surface area contributed by atoms with Gasteiger partial charge in [-0.25, -0.2) is 9.37 Å². The van der Waals surface area contributed by atoms with E-state index in [1.807, 2.05) is 0 Å². The van der Waals surface area contributed by atoms with Gasteiger partial charge >= 0.3 is 0 Å². The van der Waals surface area contributed by atoms with Crippen molar-refractivity contribution >= 4 is 5.91 Å². The third kappa shape index (κ3) is 3.42. The van der Waals surface area contributed by atoms with Gasteiger partial charge in [0.1, 0.15) is 11.5 Å². The molecule has 1 amide bonds. The summed E-state index contributed by atoms with van der Waals surface area (Å²) in [6.45, 7) is 2.89. The maximum absolute atomic E-state index is 13.1. The summed E-state index contributed by atoms with van der Waals surface area (Å²) in [6.07, 6.45) is 3.20. The normalized spacial score (nSPS) is 12.2. The van der Waals surface area contributed by atoms with Gasteiger partial charge in [-0.05, 0) is 24.6 Å². The summed E-state index contributed by atoms with van der Waals surface area (Å²) < 4.78 is 14.9. The molecule has 2 aromatic rings. The lowest BCUT2D eigenvalue weighted by Gasteiger charge is -2.13. The summed E-state index contributed by atoms with van der Waals surface area (Å²) in [4.78, 5) is 16.0. The van der Waals surface area contributed by atoms with E-state index in [9.17, 15) is 9.18 Å². The zero-order chi connectivity index (χ0) is 14.5. The van der Waals surface area contributed by atoms with Gasteiger partial charge in [-0.2, -0.15) is 0 Å². The van der Waals surface area contributed by atoms with Crippen molar-refractivity contribution in [3.05, 3.63) is 53.9 Å². The number of nitrogens with zero attached hydrogens (tertiary/aromatic N) is 2. The topological polar surface area (TPSA) is 72.9 Å². The lowest BCUT2D eigenvalue weighted by atomic mass is 10.1. The second-order valence-corrected chi connectivity index (χ2v) is 4.54. The van der Waals surface area contributed by atoms with E-state index in [1.54, 1.807) is 36.1 Å². The number of hydrogen-bond donors (Lipinski definition) is 2. The zero-order valence-corrected chi connectivity index (χ0v) is 11.2. The first kappa shape index (κ1) is 14.2. The van der Waals surface area contributed by atoms with Gasteiger partial charge in [0.15, 0.2) is 0 Å². The van der Waals surface area contributed by atoms with Gasteiger partial charge in [-0.1, -0.05) is 12.1 Å². The second-order valence-electron chi connectivity index (χ2n) is 4.54. The van der Waals surface area contributed by atoms with Crippen LogP contribution in [-0.2, 0) is 6.54 Å². The minimum atomic E-state index is -0.323. The Morgan fingerprint density at radius 2 is 2.35 bits per heavy atom. The van der Waals surface area contributed by atoms with Gasteiger partial charge in [-0.15, -0.1) is 0 Å². The third-order valence-corrected chi connectivity index (χ3v) is 2.95. The molecule has 1 heterocycles. The Balaban J connectivity index is 2.03. The van der Waals surface area contributed by atoms with Gasteiger partial charge in [-0.3, -0.25) is 4.79 Å². The molecule has 0 unspecified atom stereocenters. The number of carbonyl (C=O) groups excluding carboxylic acids is 1. The molecule has 3 N–H and O–H groups in total. The summed E-state index contributed by atoms with van der Waals surface area (Å²) in [5, 5.41) is 2.78.